The maximum absolute atomic E-state index is 12.5. The van der Waals surface area contributed by atoms with E-state index in [4.69, 9.17) is 0 Å². The van der Waals surface area contributed by atoms with Crippen molar-refractivity contribution in [1.29, 1.82) is 0 Å². The Hall–Kier alpha value is -1.79. The van der Waals surface area contributed by atoms with E-state index in [9.17, 15) is 9.59 Å². The maximum Gasteiger partial charge on any atom is 0.225 e. The van der Waals surface area contributed by atoms with Crippen LogP contribution in [0.2, 0.25) is 0 Å². The lowest BCUT2D eigenvalue weighted by Crippen LogP contribution is -2.47. The quantitative estimate of drug-likeness (QED) is 0.374. The van der Waals surface area contributed by atoms with Gasteiger partial charge in [-0.2, -0.15) is 0 Å². The zero-order valence-electron chi connectivity index (χ0n) is 15.8. The summed E-state index contributed by atoms with van der Waals surface area (Å²) in [6, 6.07) is 0.238. The topological polar surface area (TPSA) is 85.8 Å². The number of hydrogen-bond acceptors (Lipinski definition) is 3. The molecular weight excluding hydrogens is 318 g/mol. The number of rotatable bonds is 6. The maximum atomic E-state index is 12.5. The molecule has 0 bridgehead atoms. The van der Waals surface area contributed by atoms with Gasteiger partial charge in [-0.1, -0.05) is 26.7 Å². The fourth-order valence-electron chi connectivity index (χ4n) is 3.47. The van der Waals surface area contributed by atoms with Gasteiger partial charge in [-0.15, -0.1) is 0 Å². The Bertz CT molecular complexity index is 486. The molecule has 1 atom stereocenters. The van der Waals surface area contributed by atoms with E-state index in [1.54, 1.807) is 7.05 Å². The molecule has 1 aliphatic heterocycles. The van der Waals surface area contributed by atoms with Gasteiger partial charge < -0.3 is 20.9 Å². The molecule has 2 amide bonds. The van der Waals surface area contributed by atoms with E-state index in [0.717, 1.165) is 38.3 Å². The third-order valence-electron chi connectivity index (χ3n) is 5.01. The first-order valence-electron chi connectivity index (χ1n) is 9.55. The van der Waals surface area contributed by atoms with Crippen molar-refractivity contribution in [2.24, 2.45) is 16.8 Å². The van der Waals surface area contributed by atoms with E-state index in [1.807, 2.05) is 18.7 Å². The molecule has 1 unspecified atom stereocenters. The number of guanidine groups is 1. The molecule has 7 nitrogen and oxygen atoms in total. The van der Waals surface area contributed by atoms with Crippen molar-refractivity contribution in [2.75, 3.05) is 33.2 Å². The number of amides is 2. The molecule has 0 radical (unpaired) electrons. The second-order valence-corrected chi connectivity index (χ2v) is 7.34. The normalized spacial score (nSPS) is 21.7. The summed E-state index contributed by atoms with van der Waals surface area (Å²) < 4.78 is 0. The molecule has 0 aromatic carbocycles. The van der Waals surface area contributed by atoms with Crippen molar-refractivity contribution < 1.29 is 9.59 Å². The Labute approximate surface area is 151 Å². The second-order valence-electron chi connectivity index (χ2n) is 7.34. The van der Waals surface area contributed by atoms with Gasteiger partial charge in [-0.25, -0.2) is 0 Å². The first-order valence-corrected chi connectivity index (χ1v) is 9.55. The lowest BCUT2D eigenvalue weighted by atomic mass is 10.1. The first-order chi connectivity index (χ1) is 12.0. The van der Waals surface area contributed by atoms with Crippen molar-refractivity contribution in [3.8, 4) is 0 Å². The molecule has 3 N–H and O–H groups in total. The van der Waals surface area contributed by atoms with Gasteiger partial charge in [-0.05, 0) is 19.3 Å². The number of nitrogens with one attached hydrogen (secondary N) is 3. The third-order valence-corrected chi connectivity index (χ3v) is 5.01. The summed E-state index contributed by atoms with van der Waals surface area (Å²) in [5, 5.41) is 9.47. The summed E-state index contributed by atoms with van der Waals surface area (Å²) in [6.07, 6.45) is 5.44. The highest BCUT2D eigenvalue weighted by Crippen LogP contribution is 2.27. The summed E-state index contributed by atoms with van der Waals surface area (Å²) in [5.74, 6) is 1.36. The van der Waals surface area contributed by atoms with Crippen LogP contribution in [0.15, 0.2) is 4.99 Å². The van der Waals surface area contributed by atoms with Crippen LogP contribution in [0.1, 0.15) is 46.0 Å². The van der Waals surface area contributed by atoms with Crippen molar-refractivity contribution in [3.63, 3.8) is 0 Å². The Kier molecular flexibility index (Phi) is 7.52. The average molecular weight is 351 g/mol. The Morgan fingerprint density at radius 1 is 1.12 bits per heavy atom. The summed E-state index contributed by atoms with van der Waals surface area (Å²) in [4.78, 5) is 30.2. The zero-order chi connectivity index (χ0) is 18.2. The summed E-state index contributed by atoms with van der Waals surface area (Å²) in [5.41, 5.74) is 0. The molecule has 0 spiro atoms. The number of nitrogens with zero attached hydrogens (tertiary/aromatic N) is 2. The van der Waals surface area contributed by atoms with Crippen LogP contribution >= 0.6 is 0 Å². The summed E-state index contributed by atoms with van der Waals surface area (Å²) in [6.45, 7) is 6.52. The van der Waals surface area contributed by atoms with Crippen LogP contribution in [0.4, 0.5) is 0 Å². The minimum Gasteiger partial charge on any atom is -0.355 e. The van der Waals surface area contributed by atoms with E-state index in [0.29, 0.717) is 19.0 Å². The van der Waals surface area contributed by atoms with Crippen molar-refractivity contribution in [3.05, 3.63) is 0 Å². The molecule has 0 aromatic rings. The predicted octanol–water partition coefficient (Wildman–Crippen LogP) is 0.715. The SMILES string of the molecule is CN=C(NCCNC(=O)C(C)C)NC1CCN(C(=O)C2CCCC2)C1. The van der Waals surface area contributed by atoms with Gasteiger partial charge in [0.15, 0.2) is 5.96 Å². The highest BCUT2D eigenvalue weighted by atomic mass is 16.2. The highest BCUT2D eigenvalue weighted by Gasteiger charge is 2.32. The van der Waals surface area contributed by atoms with Gasteiger partial charge in [0, 0.05) is 51.1 Å². The van der Waals surface area contributed by atoms with Gasteiger partial charge in [0.05, 0.1) is 0 Å². The lowest BCUT2D eigenvalue weighted by molar-refractivity contribution is -0.134. The Morgan fingerprint density at radius 2 is 1.80 bits per heavy atom. The Balaban J connectivity index is 1.68. The first kappa shape index (κ1) is 19.5. The minimum absolute atomic E-state index is 0.000635. The van der Waals surface area contributed by atoms with Crippen molar-refractivity contribution >= 4 is 17.8 Å². The minimum atomic E-state index is -0.000635. The van der Waals surface area contributed by atoms with Crippen LogP contribution in [-0.2, 0) is 9.59 Å². The van der Waals surface area contributed by atoms with Crippen LogP contribution in [-0.4, -0.2) is 61.9 Å². The summed E-state index contributed by atoms with van der Waals surface area (Å²) in [7, 11) is 1.73. The number of aliphatic imine (C=N–C) groups is 1. The van der Waals surface area contributed by atoms with Crippen LogP contribution < -0.4 is 16.0 Å². The molecule has 1 saturated carbocycles. The predicted molar refractivity (Wildman–Crippen MR) is 99.3 cm³/mol. The number of hydrogen-bond donors (Lipinski definition) is 3. The molecule has 25 heavy (non-hydrogen) atoms. The van der Waals surface area contributed by atoms with E-state index < -0.39 is 0 Å². The van der Waals surface area contributed by atoms with Gasteiger partial charge in [0.2, 0.25) is 11.8 Å². The molecule has 2 rings (SSSR count). The lowest BCUT2D eigenvalue weighted by Gasteiger charge is -2.21. The number of carbonyl (C=O) groups is 2. The Morgan fingerprint density at radius 3 is 2.44 bits per heavy atom. The molecule has 1 heterocycles. The molecule has 2 aliphatic rings. The number of carbonyl (C=O) groups excluding carboxylic acids is 2. The van der Waals surface area contributed by atoms with Crippen LogP contribution in [0, 0.1) is 11.8 Å². The van der Waals surface area contributed by atoms with Gasteiger partial charge in [0.1, 0.15) is 0 Å². The third kappa shape index (κ3) is 5.90. The molecule has 142 valence electrons. The van der Waals surface area contributed by atoms with E-state index >= 15 is 0 Å². The average Bonchev–Trinajstić information content (AvgIpc) is 3.28. The van der Waals surface area contributed by atoms with Gasteiger partial charge in [0.25, 0.3) is 0 Å². The van der Waals surface area contributed by atoms with E-state index in [2.05, 4.69) is 20.9 Å². The fourth-order valence-corrected chi connectivity index (χ4v) is 3.47. The molecule has 1 saturated heterocycles. The summed E-state index contributed by atoms with van der Waals surface area (Å²) >= 11 is 0. The molecule has 0 aromatic heterocycles. The van der Waals surface area contributed by atoms with Gasteiger partial charge >= 0.3 is 0 Å². The molecule has 2 fully saturated rings. The van der Waals surface area contributed by atoms with E-state index in [1.165, 1.54) is 12.8 Å². The van der Waals surface area contributed by atoms with Crippen LogP contribution in [0.5, 0.6) is 0 Å². The molecule has 1 aliphatic carbocycles. The fraction of sp³-hybridized carbons (Fsp3) is 0.833. The van der Waals surface area contributed by atoms with E-state index in [-0.39, 0.29) is 23.8 Å². The standard InChI is InChI=1S/C18H33N5O2/c1-13(2)16(24)20-9-10-21-18(19-3)22-15-8-11-23(12-15)17(25)14-6-4-5-7-14/h13-15H,4-12H2,1-3H3,(H,20,24)(H2,19,21,22). The second kappa shape index (κ2) is 9.63. The van der Waals surface area contributed by atoms with Crippen molar-refractivity contribution in [2.45, 2.75) is 52.0 Å². The van der Waals surface area contributed by atoms with Gasteiger partial charge in [-0.3, -0.25) is 14.6 Å². The largest absolute Gasteiger partial charge is 0.355 e. The van der Waals surface area contributed by atoms with Crippen molar-refractivity contribution in [1.82, 2.24) is 20.9 Å². The zero-order valence-corrected chi connectivity index (χ0v) is 15.8. The monoisotopic (exact) mass is 351 g/mol. The molecular formula is C18H33N5O2. The van der Waals surface area contributed by atoms with Crippen LogP contribution in [0.3, 0.4) is 0 Å². The number of likely N-dealkylation sites (tertiary alicyclic amines) is 1. The van der Waals surface area contributed by atoms with Crippen LogP contribution in [0.25, 0.3) is 0 Å². The smallest absolute Gasteiger partial charge is 0.225 e. The molecule has 7 heteroatoms. The highest BCUT2D eigenvalue weighted by molar-refractivity contribution is 5.81.